The smallest absolute Gasteiger partial charge is 0.127 e. The molecular weight excluding hydrogens is 409 g/mol. The van der Waals surface area contributed by atoms with Gasteiger partial charge in [-0.2, -0.15) is 5.10 Å². The van der Waals surface area contributed by atoms with E-state index >= 15 is 0 Å². The van der Waals surface area contributed by atoms with Crippen molar-refractivity contribution < 1.29 is 9.50 Å². The first-order valence-corrected chi connectivity index (χ1v) is 9.74. The van der Waals surface area contributed by atoms with Crippen molar-refractivity contribution in [3.05, 3.63) is 73.2 Å². The molecule has 0 amide bonds. The maximum atomic E-state index is 13.9. The quantitative estimate of drug-likeness (QED) is 0.387. The van der Waals surface area contributed by atoms with Crippen molar-refractivity contribution in [2.24, 2.45) is 0 Å². The van der Waals surface area contributed by atoms with Crippen LogP contribution in [0.15, 0.2) is 67.4 Å². The Kier molecular flexibility index (Phi) is 3.94. The number of phenols is 1. The molecule has 154 valence electrons. The van der Waals surface area contributed by atoms with Crippen LogP contribution in [0.2, 0.25) is 0 Å². The van der Waals surface area contributed by atoms with Crippen molar-refractivity contribution in [2.75, 3.05) is 0 Å². The molecule has 0 radical (unpaired) electrons. The summed E-state index contributed by atoms with van der Waals surface area (Å²) in [6.07, 6.45) is 8.23. The lowest BCUT2D eigenvalue weighted by Gasteiger charge is -2.03. The highest BCUT2D eigenvalue weighted by atomic mass is 19.1. The second-order valence-electron chi connectivity index (χ2n) is 7.28. The molecule has 1 aromatic carbocycles. The molecule has 0 saturated heterocycles. The second kappa shape index (κ2) is 6.95. The molecule has 5 aromatic heterocycles. The van der Waals surface area contributed by atoms with Gasteiger partial charge in [0.2, 0.25) is 0 Å². The van der Waals surface area contributed by atoms with E-state index in [1.807, 2.05) is 18.2 Å². The number of halogens is 1. The van der Waals surface area contributed by atoms with Crippen molar-refractivity contribution >= 4 is 21.8 Å². The fourth-order valence-electron chi connectivity index (χ4n) is 3.82. The number of phenolic OH excluding ortho intramolecular Hbond substituents is 1. The third-order valence-electron chi connectivity index (χ3n) is 5.23. The summed E-state index contributed by atoms with van der Waals surface area (Å²) >= 11 is 0. The Morgan fingerprint density at radius 1 is 0.781 bits per heavy atom. The summed E-state index contributed by atoms with van der Waals surface area (Å²) in [5.41, 5.74) is 5.45. The third-order valence-corrected chi connectivity index (χ3v) is 5.23. The highest BCUT2D eigenvalue weighted by molar-refractivity contribution is 6.00. The van der Waals surface area contributed by atoms with Crippen LogP contribution in [0, 0.1) is 5.82 Å². The van der Waals surface area contributed by atoms with Gasteiger partial charge >= 0.3 is 0 Å². The number of benzene rings is 1. The average Bonchev–Trinajstić information content (AvgIpc) is 3.42. The van der Waals surface area contributed by atoms with E-state index in [9.17, 15) is 9.50 Å². The van der Waals surface area contributed by atoms with E-state index in [-0.39, 0.29) is 5.75 Å². The number of aromatic hydroxyl groups is 1. The largest absolute Gasteiger partial charge is 0.508 e. The lowest BCUT2D eigenvalue weighted by molar-refractivity contribution is 0.469. The van der Waals surface area contributed by atoms with E-state index in [0.717, 1.165) is 33.6 Å². The fraction of sp³-hybridized carbons (Fsp3) is 0. The van der Waals surface area contributed by atoms with Gasteiger partial charge in [0.1, 0.15) is 23.0 Å². The number of pyridine rings is 2. The van der Waals surface area contributed by atoms with Gasteiger partial charge in [0.25, 0.3) is 0 Å². The monoisotopic (exact) mass is 423 g/mol. The molecule has 0 unspecified atom stereocenters. The minimum absolute atomic E-state index is 0.156. The van der Waals surface area contributed by atoms with Gasteiger partial charge in [-0.15, -0.1) is 0 Å². The number of aromatic nitrogens is 7. The fourth-order valence-corrected chi connectivity index (χ4v) is 3.82. The zero-order chi connectivity index (χ0) is 21.7. The third kappa shape index (κ3) is 2.95. The molecule has 9 heteroatoms. The molecule has 0 aliphatic heterocycles. The van der Waals surface area contributed by atoms with Crippen LogP contribution in [0.25, 0.3) is 55.8 Å². The minimum Gasteiger partial charge on any atom is -0.508 e. The van der Waals surface area contributed by atoms with Gasteiger partial charge in [-0.1, -0.05) is 0 Å². The number of fused-ring (bicyclic) bond motifs is 2. The molecule has 6 rings (SSSR count). The Morgan fingerprint density at radius 2 is 1.69 bits per heavy atom. The Hall–Kier alpha value is -4.66. The first-order valence-electron chi connectivity index (χ1n) is 9.74. The van der Waals surface area contributed by atoms with Crippen molar-refractivity contribution in [3.8, 4) is 39.8 Å². The van der Waals surface area contributed by atoms with E-state index < -0.39 is 5.82 Å². The molecule has 5 heterocycles. The number of nitrogens with zero attached hydrogens (tertiary/aromatic N) is 5. The molecule has 0 aliphatic rings. The highest BCUT2D eigenvalue weighted by Crippen LogP contribution is 2.34. The molecule has 0 saturated carbocycles. The number of hydrogen-bond acceptors (Lipinski definition) is 6. The Balaban J connectivity index is 1.52. The van der Waals surface area contributed by atoms with E-state index in [1.54, 1.807) is 31.0 Å². The van der Waals surface area contributed by atoms with Crippen molar-refractivity contribution in [1.82, 2.24) is 35.1 Å². The van der Waals surface area contributed by atoms with Gasteiger partial charge in [0.15, 0.2) is 0 Å². The predicted molar refractivity (Wildman–Crippen MR) is 117 cm³/mol. The van der Waals surface area contributed by atoms with Gasteiger partial charge in [0.05, 0.1) is 35.0 Å². The van der Waals surface area contributed by atoms with Crippen LogP contribution in [-0.4, -0.2) is 40.2 Å². The molecular formula is C23H14FN7O. The van der Waals surface area contributed by atoms with Crippen molar-refractivity contribution in [3.63, 3.8) is 0 Å². The van der Waals surface area contributed by atoms with Crippen LogP contribution in [-0.2, 0) is 0 Å². The first kappa shape index (κ1) is 18.1. The molecule has 6 aromatic rings. The number of rotatable bonds is 3. The molecule has 3 N–H and O–H groups in total. The maximum absolute atomic E-state index is 13.9. The summed E-state index contributed by atoms with van der Waals surface area (Å²) in [6.45, 7) is 0. The summed E-state index contributed by atoms with van der Waals surface area (Å²) < 4.78 is 13.9. The summed E-state index contributed by atoms with van der Waals surface area (Å²) in [7, 11) is 0. The van der Waals surface area contributed by atoms with E-state index in [1.165, 1.54) is 12.1 Å². The number of aromatic amines is 2. The van der Waals surface area contributed by atoms with Gasteiger partial charge < -0.3 is 10.1 Å². The highest BCUT2D eigenvalue weighted by Gasteiger charge is 2.16. The molecule has 0 aliphatic carbocycles. The standard InChI is InChI=1S/C23H14FN7O/c24-13-5-12(6-14(32)7-13)22-15-9-19(29-17(15)1-2-27-22)23-16-8-18(21-10-25-3-4-26-21)28-11-20(16)30-31-23/h1-11,29,32H,(H,30,31). The topological polar surface area (TPSA) is 116 Å². The summed E-state index contributed by atoms with van der Waals surface area (Å²) in [6, 6.07) is 9.55. The normalized spacial score (nSPS) is 11.4. The van der Waals surface area contributed by atoms with Crippen LogP contribution in [0.4, 0.5) is 4.39 Å². The molecule has 8 nitrogen and oxygen atoms in total. The van der Waals surface area contributed by atoms with Crippen LogP contribution < -0.4 is 0 Å². The molecule has 0 spiro atoms. The van der Waals surface area contributed by atoms with E-state index in [2.05, 4.69) is 35.1 Å². The van der Waals surface area contributed by atoms with E-state index in [4.69, 9.17) is 0 Å². The summed E-state index contributed by atoms with van der Waals surface area (Å²) in [5, 5.41) is 18.9. The van der Waals surface area contributed by atoms with Crippen LogP contribution in [0.5, 0.6) is 5.75 Å². The molecule has 0 fully saturated rings. The maximum Gasteiger partial charge on any atom is 0.127 e. The molecule has 32 heavy (non-hydrogen) atoms. The molecule has 0 bridgehead atoms. The number of hydrogen-bond donors (Lipinski definition) is 3. The minimum atomic E-state index is -0.531. The predicted octanol–water partition coefficient (Wildman–Crippen LogP) is 4.47. The zero-order valence-corrected chi connectivity index (χ0v) is 16.4. The van der Waals surface area contributed by atoms with Gasteiger partial charge in [-0.05, 0) is 30.3 Å². The van der Waals surface area contributed by atoms with Gasteiger partial charge in [-0.3, -0.25) is 25.0 Å². The Morgan fingerprint density at radius 3 is 2.53 bits per heavy atom. The SMILES string of the molecule is Oc1cc(F)cc(-c2nccc3[nH]c(-c4n[nH]c5cnc(-c6cnccn6)cc45)cc23)c1. The number of H-pyrrole nitrogens is 2. The van der Waals surface area contributed by atoms with Gasteiger partial charge in [0, 0.05) is 46.5 Å². The Bertz CT molecular complexity index is 1590. The summed E-state index contributed by atoms with van der Waals surface area (Å²) in [4.78, 5) is 20.6. The lowest BCUT2D eigenvalue weighted by atomic mass is 10.1. The van der Waals surface area contributed by atoms with Crippen LogP contribution in [0.1, 0.15) is 0 Å². The molecule has 0 atom stereocenters. The van der Waals surface area contributed by atoms with Crippen LogP contribution in [0.3, 0.4) is 0 Å². The Labute approximate surface area is 179 Å². The van der Waals surface area contributed by atoms with Crippen molar-refractivity contribution in [1.29, 1.82) is 0 Å². The first-order chi connectivity index (χ1) is 15.7. The second-order valence-corrected chi connectivity index (χ2v) is 7.28. The van der Waals surface area contributed by atoms with E-state index in [0.29, 0.717) is 28.3 Å². The number of nitrogens with one attached hydrogen (secondary N) is 2. The average molecular weight is 423 g/mol. The van der Waals surface area contributed by atoms with Crippen molar-refractivity contribution in [2.45, 2.75) is 0 Å². The van der Waals surface area contributed by atoms with Gasteiger partial charge in [-0.25, -0.2) is 4.39 Å². The lowest BCUT2D eigenvalue weighted by Crippen LogP contribution is -1.88. The van der Waals surface area contributed by atoms with Crippen LogP contribution >= 0.6 is 0 Å². The summed E-state index contributed by atoms with van der Waals surface area (Å²) in [5.74, 6) is -0.686. The zero-order valence-electron chi connectivity index (χ0n) is 16.4.